The van der Waals surface area contributed by atoms with Crippen LogP contribution in [0.2, 0.25) is 0 Å². The molecule has 3 rings (SSSR count). The van der Waals surface area contributed by atoms with Gasteiger partial charge in [-0.1, -0.05) is 18.2 Å². The van der Waals surface area contributed by atoms with Crippen LogP contribution in [-0.2, 0) is 11.3 Å². The van der Waals surface area contributed by atoms with Gasteiger partial charge in [-0.2, -0.15) is 0 Å². The molecule has 2 aliphatic rings. The van der Waals surface area contributed by atoms with Crippen molar-refractivity contribution in [2.45, 2.75) is 31.8 Å². The third-order valence-electron chi connectivity index (χ3n) is 4.18. The van der Waals surface area contributed by atoms with Gasteiger partial charge in [0.1, 0.15) is 0 Å². The number of rotatable bonds is 6. The van der Waals surface area contributed by atoms with Gasteiger partial charge < -0.3 is 15.0 Å². The highest BCUT2D eigenvalue weighted by Gasteiger charge is 2.25. The molecule has 1 unspecified atom stereocenters. The zero-order valence-electron chi connectivity index (χ0n) is 11.8. The molecule has 1 aliphatic carbocycles. The van der Waals surface area contributed by atoms with E-state index in [4.69, 9.17) is 4.74 Å². The van der Waals surface area contributed by atoms with Crippen molar-refractivity contribution in [3.05, 3.63) is 29.8 Å². The van der Waals surface area contributed by atoms with Crippen LogP contribution >= 0.6 is 0 Å². The second kappa shape index (κ2) is 5.93. The van der Waals surface area contributed by atoms with Crippen molar-refractivity contribution < 1.29 is 4.74 Å². The molecule has 3 nitrogen and oxygen atoms in total. The Morgan fingerprint density at radius 2 is 2.11 bits per heavy atom. The summed E-state index contributed by atoms with van der Waals surface area (Å²) in [7, 11) is 1.80. The van der Waals surface area contributed by atoms with Crippen LogP contribution in [0.15, 0.2) is 24.3 Å². The Labute approximate surface area is 115 Å². The molecule has 1 N–H and O–H groups in total. The largest absolute Gasteiger partial charge is 0.384 e. The first-order valence-electron chi connectivity index (χ1n) is 7.42. The number of anilines is 1. The van der Waals surface area contributed by atoms with Crippen molar-refractivity contribution in [3.8, 4) is 0 Å². The number of hydrogen-bond donors (Lipinski definition) is 1. The molecule has 1 aromatic rings. The van der Waals surface area contributed by atoms with Crippen molar-refractivity contribution in [1.29, 1.82) is 0 Å². The molecule has 1 heterocycles. The highest BCUT2D eigenvalue weighted by Crippen LogP contribution is 2.28. The zero-order valence-corrected chi connectivity index (χ0v) is 11.8. The average molecular weight is 260 g/mol. The minimum absolute atomic E-state index is 0.689. The summed E-state index contributed by atoms with van der Waals surface area (Å²) in [5.41, 5.74) is 2.85. The first kappa shape index (κ1) is 12.9. The van der Waals surface area contributed by atoms with Gasteiger partial charge in [-0.3, -0.25) is 0 Å². The number of ether oxygens (including phenoxy) is 1. The Hall–Kier alpha value is -1.06. The van der Waals surface area contributed by atoms with Crippen LogP contribution in [-0.4, -0.2) is 32.8 Å². The fourth-order valence-corrected chi connectivity index (χ4v) is 2.93. The molecule has 19 heavy (non-hydrogen) atoms. The van der Waals surface area contributed by atoms with Gasteiger partial charge in [0.15, 0.2) is 0 Å². The number of nitrogens with zero attached hydrogens (tertiary/aromatic N) is 1. The van der Waals surface area contributed by atoms with Crippen molar-refractivity contribution in [3.63, 3.8) is 0 Å². The predicted molar refractivity (Wildman–Crippen MR) is 78.5 cm³/mol. The van der Waals surface area contributed by atoms with Gasteiger partial charge in [0.25, 0.3) is 0 Å². The van der Waals surface area contributed by atoms with E-state index >= 15 is 0 Å². The monoisotopic (exact) mass is 260 g/mol. The van der Waals surface area contributed by atoms with Crippen LogP contribution < -0.4 is 10.2 Å². The second-order valence-electron chi connectivity index (χ2n) is 5.84. The lowest BCUT2D eigenvalue weighted by atomic mass is 10.1. The van der Waals surface area contributed by atoms with Gasteiger partial charge in [0.05, 0.1) is 6.61 Å². The molecule has 0 amide bonds. The first-order chi connectivity index (χ1) is 9.36. The highest BCUT2D eigenvalue weighted by atomic mass is 16.5. The fourth-order valence-electron chi connectivity index (χ4n) is 2.93. The van der Waals surface area contributed by atoms with Crippen LogP contribution in [0.1, 0.15) is 24.8 Å². The Bertz CT molecular complexity index is 417. The number of para-hydroxylation sites is 1. The van der Waals surface area contributed by atoms with Gasteiger partial charge in [-0.15, -0.1) is 0 Å². The summed E-state index contributed by atoms with van der Waals surface area (Å²) in [6.45, 7) is 4.19. The maximum atomic E-state index is 5.29. The van der Waals surface area contributed by atoms with E-state index in [0.29, 0.717) is 5.92 Å². The Kier molecular flexibility index (Phi) is 4.04. The van der Waals surface area contributed by atoms with Gasteiger partial charge >= 0.3 is 0 Å². The number of nitrogens with one attached hydrogen (secondary N) is 1. The topological polar surface area (TPSA) is 24.5 Å². The number of methoxy groups -OCH3 is 1. The molecule has 2 fully saturated rings. The van der Waals surface area contributed by atoms with Gasteiger partial charge in [0, 0.05) is 44.4 Å². The molecular formula is C16H24N2O. The molecule has 1 atom stereocenters. The minimum Gasteiger partial charge on any atom is -0.384 e. The standard InChI is InChI=1S/C16H24N2O/c1-19-12-13-8-9-18(11-13)16-5-3-2-4-14(16)10-17-15-6-7-15/h2-5,13,15,17H,6-12H2,1H3. The summed E-state index contributed by atoms with van der Waals surface area (Å²) in [5, 5.41) is 3.62. The molecule has 0 bridgehead atoms. The quantitative estimate of drug-likeness (QED) is 0.850. The summed E-state index contributed by atoms with van der Waals surface area (Å²) in [6.07, 6.45) is 3.95. The molecule has 0 radical (unpaired) electrons. The summed E-state index contributed by atoms with van der Waals surface area (Å²) >= 11 is 0. The first-order valence-corrected chi connectivity index (χ1v) is 7.42. The molecule has 1 aromatic carbocycles. The summed E-state index contributed by atoms with van der Waals surface area (Å²) in [4.78, 5) is 2.52. The third-order valence-corrected chi connectivity index (χ3v) is 4.18. The molecule has 1 saturated heterocycles. The van der Waals surface area contributed by atoms with E-state index in [2.05, 4.69) is 34.5 Å². The van der Waals surface area contributed by atoms with Crippen molar-refractivity contribution >= 4 is 5.69 Å². The molecular weight excluding hydrogens is 236 g/mol. The van der Waals surface area contributed by atoms with Crippen LogP contribution in [0.4, 0.5) is 5.69 Å². The van der Waals surface area contributed by atoms with E-state index in [0.717, 1.165) is 32.3 Å². The Morgan fingerprint density at radius 1 is 1.26 bits per heavy atom. The highest BCUT2D eigenvalue weighted by molar-refractivity contribution is 5.54. The lowest BCUT2D eigenvalue weighted by Crippen LogP contribution is -2.24. The molecule has 1 aliphatic heterocycles. The lowest BCUT2D eigenvalue weighted by molar-refractivity contribution is 0.161. The van der Waals surface area contributed by atoms with Gasteiger partial charge in [-0.05, 0) is 30.9 Å². The van der Waals surface area contributed by atoms with E-state index < -0.39 is 0 Å². The summed E-state index contributed by atoms with van der Waals surface area (Å²) in [6, 6.07) is 9.59. The minimum atomic E-state index is 0.689. The average Bonchev–Trinajstić information content (AvgIpc) is 3.16. The molecule has 0 spiro atoms. The van der Waals surface area contributed by atoms with Crippen molar-refractivity contribution in [2.75, 3.05) is 31.7 Å². The molecule has 104 valence electrons. The molecule has 0 aromatic heterocycles. The zero-order chi connectivity index (χ0) is 13.1. The normalized spacial score (nSPS) is 23.0. The van der Waals surface area contributed by atoms with Crippen LogP contribution in [0, 0.1) is 5.92 Å². The number of benzene rings is 1. The third kappa shape index (κ3) is 3.28. The van der Waals surface area contributed by atoms with Gasteiger partial charge in [-0.25, -0.2) is 0 Å². The van der Waals surface area contributed by atoms with E-state index in [-0.39, 0.29) is 0 Å². The van der Waals surface area contributed by atoms with Crippen LogP contribution in [0.5, 0.6) is 0 Å². The molecule has 3 heteroatoms. The van der Waals surface area contributed by atoms with E-state index in [1.54, 1.807) is 7.11 Å². The van der Waals surface area contributed by atoms with Crippen molar-refractivity contribution in [2.24, 2.45) is 5.92 Å². The van der Waals surface area contributed by atoms with E-state index in [1.807, 2.05) is 0 Å². The van der Waals surface area contributed by atoms with Crippen LogP contribution in [0.3, 0.4) is 0 Å². The molecule has 1 saturated carbocycles. The van der Waals surface area contributed by atoms with E-state index in [1.165, 1.54) is 30.5 Å². The van der Waals surface area contributed by atoms with E-state index in [9.17, 15) is 0 Å². The Morgan fingerprint density at radius 3 is 2.89 bits per heavy atom. The Balaban J connectivity index is 1.65. The SMILES string of the molecule is COCC1CCN(c2ccccc2CNC2CC2)C1. The lowest BCUT2D eigenvalue weighted by Gasteiger charge is -2.22. The van der Waals surface area contributed by atoms with Crippen molar-refractivity contribution in [1.82, 2.24) is 5.32 Å². The summed E-state index contributed by atoms with van der Waals surface area (Å²) in [5.74, 6) is 0.689. The van der Waals surface area contributed by atoms with Gasteiger partial charge in [0.2, 0.25) is 0 Å². The van der Waals surface area contributed by atoms with Crippen LogP contribution in [0.25, 0.3) is 0 Å². The fraction of sp³-hybridized carbons (Fsp3) is 0.625. The smallest absolute Gasteiger partial charge is 0.0508 e. The summed E-state index contributed by atoms with van der Waals surface area (Å²) < 4.78 is 5.29. The maximum absolute atomic E-state index is 5.29. The second-order valence-corrected chi connectivity index (χ2v) is 5.84. The number of hydrogen-bond acceptors (Lipinski definition) is 3. The predicted octanol–water partition coefficient (Wildman–Crippen LogP) is 2.41. The maximum Gasteiger partial charge on any atom is 0.0508 e.